The number of aromatic nitrogens is 1. The van der Waals surface area contributed by atoms with E-state index < -0.39 is 0 Å². The summed E-state index contributed by atoms with van der Waals surface area (Å²) in [7, 11) is 0. The highest BCUT2D eigenvalue weighted by Crippen LogP contribution is 2.29. The molecule has 3 aromatic rings. The molecule has 2 aromatic carbocycles. The Morgan fingerprint density at radius 2 is 1.89 bits per heavy atom. The Balaban J connectivity index is 1.52. The number of para-hydroxylation sites is 1. The molecule has 0 atom stereocenters. The number of amides is 2. The smallest absolute Gasteiger partial charge is 0.323 e. The van der Waals surface area contributed by atoms with Crippen LogP contribution in [0.25, 0.3) is 0 Å². The number of anilines is 3. The number of nitriles is 1. The Hall–Kier alpha value is -3.85. The molecule has 0 saturated heterocycles. The van der Waals surface area contributed by atoms with E-state index in [1.54, 1.807) is 18.3 Å². The molecule has 1 aromatic heterocycles. The van der Waals surface area contributed by atoms with Gasteiger partial charge in [-0.1, -0.05) is 30.3 Å². The van der Waals surface area contributed by atoms with Gasteiger partial charge < -0.3 is 15.5 Å². The predicted molar refractivity (Wildman–Crippen MR) is 109 cm³/mol. The van der Waals surface area contributed by atoms with Crippen LogP contribution in [0.4, 0.5) is 22.0 Å². The van der Waals surface area contributed by atoms with E-state index in [9.17, 15) is 10.1 Å². The molecule has 0 radical (unpaired) electrons. The average molecular weight is 369 g/mol. The average Bonchev–Trinajstić information content (AvgIpc) is 2.74. The zero-order chi connectivity index (χ0) is 19.3. The first kappa shape index (κ1) is 17.6. The molecular weight excluding hydrogens is 350 g/mol. The van der Waals surface area contributed by atoms with Crippen LogP contribution >= 0.6 is 0 Å². The molecule has 0 bridgehead atoms. The van der Waals surface area contributed by atoms with Crippen molar-refractivity contribution in [1.29, 1.82) is 5.26 Å². The van der Waals surface area contributed by atoms with Gasteiger partial charge in [-0.05, 0) is 47.9 Å². The second-order valence-electron chi connectivity index (χ2n) is 6.55. The molecule has 1 aliphatic heterocycles. The van der Waals surface area contributed by atoms with Crippen molar-refractivity contribution in [3.05, 3.63) is 83.6 Å². The van der Waals surface area contributed by atoms with Gasteiger partial charge in [0.1, 0.15) is 11.9 Å². The van der Waals surface area contributed by atoms with Crippen molar-refractivity contribution in [2.24, 2.45) is 0 Å². The molecule has 0 aliphatic carbocycles. The maximum absolute atomic E-state index is 12.4. The summed E-state index contributed by atoms with van der Waals surface area (Å²) in [5, 5.41) is 15.1. The van der Waals surface area contributed by atoms with Gasteiger partial charge in [0.2, 0.25) is 0 Å². The van der Waals surface area contributed by atoms with Gasteiger partial charge >= 0.3 is 6.03 Å². The molecule has 0 saturated carbocycles. The van der Waals surface area contributed by atoms with E-state index in [1.807, 2.05) is 42.5 Å². The number of hydrogen-bond acceptors (Lipinski definition) is 4. The molecule has 1 aliphatic rings. The molecule has 0 fully saturated rings. The number of hydrogen-bond donors (Lipinski definition) is 2. The van der Waals surface area contributed by atoms with Crippen LogP contribution in [0.3, 0.4) is 0 Å². The number of carbonyl (C=O) groups is 1. The van der Waals surface area contributed by atoms with Crippen LogP contribution in [0.1, 0.15) is 16.7 Å². The highest BCUT2D eigenvalue weighted by molar-refractivity contribution is 6.00. The summed E-state index contributed by atoms with van der Waals surface area (Å²) in [4.78, 5) is 18.9. The molecular formula is C22H19N5O. The summed E-state index contributed by atoms with van der Waals surface area (Å²) in [5.74, 6) is 0.704. The van der Waals surface area contributed by atoms with E-state index in [0.717, 1.165) is 35.5 Å². The van der Waals surface area contributed by atoms with Crippen LogP contribution in [0.15, 0.2) is 66.9 Å². The molecule has 2 heterocycles. The SMILES string of the molecule is N#Cc1cccnc1N1CCc2c(cccc2NC(=O)Nc2ccccc2)C1. The van der Waals surface area contributed by atoms with E-state index >= 15 is 0 Å². The van der Waals surface area contributed by atoms with Gasteiger partial charge in [0, 0.05) is 30.7 Å². The van der Waals surface area contributed by atoms with Gasteiger partial charge in [0.25, 0.3) is 0 Å². The number of nitrogens with one attached hydrogen (secondary N) is 2. The second-order valence-corrected chi connectivity index (χ2v) is 6.55. The third-order valence-corrected chi connectivity index (χ3v) is 4.75. The lowest BCUT2D eigenvalue weighted by Crippen LogP contribution is -2.32. The lowest BCUT2D eigenvalue weighted by Gasteiger charge is -2.31. The Labute approximate surface area is 163 Å². The molecule has 6 nitrogen and oxygen atoms in total. The van der Waals surface area contributed by atoms with Gasteiger partial charge in [-0.2, -0.15) is 5.26 Å². The Morgan fingerprint density at radius 3 is 2.71 bits per heavy atom. The third-order valence-electron chi connectivity index (χ3n) is 4.75. The third kappa shape index (κ3) is 3.64. The molecule has 2 N–H and O–H groups in total. The number of rotatable bonds is 3. The van der Waals surface area contributed by atoms with Crippen LogP contribution in [0, 0.1) is 11.3 Å². The number of urea groups is 1. The van der Waals surface area contributed by atoms with Gasteiger partial charge in [0.15, 0.2) is 0 Å². The van der Waals surface area contributed by atoms with Crippen LogP contribution in [0.5, 0.6) is 0 Å². The Bertz CT molecular complexity index is 1040. The molecule has 138 valence electrons. The zero-order valence-electron chi connectivity index (χ0n) is 15.2. The van der Waals surface area contributed by atoms with Crippen LogP contribution < -0.4 is 15.5 Å². The first-order chi connectivity index (χ1) is 13.7. The van der Waals surface area contributed by atoms with Crippen molar-refractivity contribution in [1.82, 2.24) is 4.98 Å². The van der Waals surface area contributed by atoms with Crippen molar-refractivity contribution >= 4 is 23.2 Å². The number of nitrogens with zero attached hydrogens (tertiary/aromatic N) is 3. The fourth-order valence-electron chi connectivity index (χ4n) is 3.45. The highest BCUT2D eigenvalue weighted by Gasteiger charge is 2.22. The van der Waals surface area contributed by atoms with E-state index in [1.165, 1.54) is 0 Å². The van der Waals surface area contributed by atoms with Gasteiger partial charge in [-0.3, -0.25) is 0 Å². The predicted octanol–water partition coefficient (Wildman–Crippen LogP) is 4.16. The Morgan fingerprint density at radius 1 is 1.04 bits per heavy atom. The standard InChI is InChI=1S/C22H19N5O/c23-14-16-7-5-12-24-21(16)27-13-11-19-17(15-27)6-4-10-20(19)26-22(28)25-18-8-2-1-3-9-18/h1-10,12H,11,13,15H2,(H2,25,26,28). The van der Waals surface area contributed by atoms with E-state index in [4.69, 9.17) is 0 Å². The lowest BCUT2D eigenvalue weighted by molar-refractivity contribution is 0.262. The van der Waals surface area contributed by atoms with Gasteiger partial charge in [0.05, 0.1) is 5.56 Å². The van der Waals surface area contributed by atoms with Crippen molar-refractivity contribution in [3.8, 4) is 6.07 Å². The summed E-state index contributed by atoms with van der Waals surface area (Å²) in [6.07, 6.45) is 2.47. The largest absolute Gasteiger partial charge is 0.351 e. The molecule has 6 heteroatoms. The van der Waals surface area contributed by atoms with Crippen molar-refractivity contribution in [2.75, 3.05) is 22.1 Å². The molecule has 0 unspecified atom stereocenters. The van der Waals surface area contributed by atoms with Crippen molar-refractivity contribution in [3.63, 3.8) is 0 Å². The molecule has 2 amide bonds. The van der Waals surface area contributed by atoms with Gasteiger partial charge in [-0.15, -0.1) is 0 Å². The second kappa shape index (κ2) is 7.80. The summed E-state index contributed by atoms with van der Waals surface area (Å²) < 4.78 is 0. The summed E-state index contributed by atoms with van der Waals surface area (Å²) in [5.41, 5.74) is 4.37. The zero-order valence-corrected chi connectivity index (χ0v) is 15.2. The molecule has 0 spiro atoms. The number of carbonyl (C=O) groups excluding carboxylic acids is 1. The Kier molecular flexibility index (Phi) is 4.89. The topological polar surface area (TPSA) is 81.1 Å². The number of fused-ring (bicyclic) bond motifs is 1. The minimum Gasteiger partial charge on any atom is -0.351 e. The first-order valence-electron chi connectivity index (χ1n) is 9.08. The molecule has 4 rings (SSSR count). The summed E-state index contributed by atoms with van der Waals surface area (Å²) in [6.45, 7) is 1.38. The van der Waals surface area contributed by atoms with Crippen LogP contribution in [0.2, 0.25) is 0 Å². The molecule has 28 heavy (non-hydrogen) atoms. The fraction of sp³-hybridized carbons (Fsp3) is 0.136. The normalized spacial score (nSPS) is 12.6. The summed E-state index contributed by atoms with van der Waals surface area (Å²) >= 11 is 0. The van der Waals surface area contributed by atoms with E-state index in [-0.39, 0.29) is 6.03 Å². The van der Waals surface area contributed by atoms with E-state index in [2.05, 4.69) is 32.7 Å². The number of benzene rings is 2. The fourth-order valence-corrected chi connectivity index (χ4v) is 3.45. The summed E-state index contributed by atoms with van der Waals surface area (Å²) in [6, 6.07) is 20.7. The monoisotopic (exact) mass is 369 g/mol. The van der Waals surface area contributed by atoms with Crippen LogP contribution in [-0.2, 0) is 13.0 Å². The quantitative estimate of drug-likeness (QED) is 0.726. The minimum atomic E-state index is -0.265. The maximum Gasteiger partial charge on any atom is 0.323 e. The van der Waals surface area contributed by atoms with Gasteiger partial charge in [-0.25, -0.2) is 9.78 Å². The van der Waals surface area contributed by atoms with Crippen molar-refractivity contribution < 1.29 is 4.79 Å². The number of pyridine rings is 1. The van der Waals surface area contributed by atoms with Crippen LogP contribution in [-0.4, -0.2) is 17.6 Å². The first-order valence-corrected chi connectivity index (χ1v) is 9.08. The highest BCUT2D eigenvalue weighted by atomic mass is 16.2. The van der Waals surface area contributed by atoms with Crippen molar-refractivity contribution in [2.45, 2.75) is 13.0 Å². The minimum absolute atomic E-state index is 0.265. The lowest BCUT2D eigenvalue weighted by atomic mass is 9.97. The van der Waals surface area contributed by atoms with E-state index in [0.29, 0.717) is 17.9 Å². The maximum atomic E-state index is 12.4.